The molecule has 2 unspecified atom stereocenters. The summed E-state index contributed by atoms with van der Waals surface area (Å²) in [4.78, 5) is 11.0. The van der Waals surface area contributed by atoms with Gasteiger partial charge in [0.15, 0.2) is 0 Å². The first-order valence-corrected chi connectivity index (χ1v) is 6.26. The molecule has 0 spiro atoms. The Balaban J connectivity index is 2.30. The average molecular weight is 229 g/mol. The Morgan fingerprint density at radius 2 is 2.12 bits per heavy atom. The van der Waals surface area contributed by atoms with E-state index in [1.54, 1.807) is 0 Å². The zero-order valence-corrected chi connectivity index (χ0v) is 9.98. The van der Waals surface area contributed by atoms with Crippen LogP contribution < -0.4 is 5.32 Å². The number of hydrogen-bond acceptors (Lipinski definition) is 3. The zero-order valence-electron chi connectivity index (χ0n) is 9.98. The van der Waals surface area contributed by atoms with E-state index in [9.17, 15) is 4.79 Å². The van der Waals surface area contributed by atoms with Crippen LogP contribution in [0.3, 0.4) is 0 Å². The van der Waals surface area contributed by atoms with Gasteiger partial charge in [0.1, 0.15) is 6.04 Å². The first-order valence-electron chi connectivity index (χ1n) is 6.26. The quantitative estimate of drug-likeness (QED) is 0.556. The predicted octanol–water partition coefficient (Wildman–Crippen LogP) is 1.24. The van der Waals surface area contributed by atoms with Crippen LogP contribution in [0.1, 0.15) is 39.0 Å². The number of carboxylic acids is 1. The van der Waals surface area contributed by atoms with Gasteiger partial charge in [-0.25, -0.2) is 0 Å². The van der Waals surface area contributed by atoms with Gasteiger partial charge in [0.05, 0.1) is 0 Å². The van der Waals surface area contributed by atoms with Crippen molar-refractivity contribution in [1.29, 1.82) is 0 Å². The highest BCUT2D eigenvalue weighted by molar-refractivity contribution is 5.74. The van der Waals surface area contributed by atoms with Crippen LogP contribution in [-0.2, 0) is 4.79 Å². The van der Waals surface area contributed by atoms with Crippen molar-refractivity contribution >= 4 is 5.97 Å². The maximum Gasteiger partial charge on any atom is 0.320 e. The molecule has 0 saturated heterocycles. The standard InChI is InChI=1S/C12H23NO3/c1-2-3-9(6-7-14)8-13-11(12(15)16)10-4-5-10/h9-11,13-14H,2-8H2,1H3,(H,15,16). The summed E-state index contributed by atoms with van der Waals surface area (Å²) in [7, 11) is 0. The highest BCUT2D eigenvalue weighted by atomic mass is 16.4. The Hall–Kier alpha value is -0.610. The fourth-order valence-electron chi connectivity index (χ4n) is 2.12. The molecule has 0 heterocycles. The van der Waals surface area contributed by atoms with Crippen LogP contribution in [0.15, 0.2) is 0 Å². The van der Waals surface area contributed by atoms with Crippen molar-refractivity contribution in [1.82, 2.24) is 5.32 Å². The summed E-state index contributed by atoms with van der Waals surface area (Å²) in [5.41, 5.74) is 0. The van der Waals surface area contributed by atoms with Crippen molar-refractivity contribution in [3.05, 3.63) is 0 Å². The van der Waals surface area contributed by atoms with Crippen LogP contribution in [0.5, 0.6) is 0 Å². The van der Waals surface area contributed by atoms with E-state index < -0.39 is 5.97 Å². The van der Waals surface area contributed by atoms with E-state index in [-0.39, 0.29) is 12.6 Å². The van der Waals surface area contributed by atoms with Crippen molar-refractivity contribution in [2.45, 2.75) is 45.1 Å². The molecule has 4 nitrogen and oxygen atoms in total. The third-order valence-electron chi connectivity index (χ3n) is 3.22. The molecular weight excluding hydrogens is 206 g/mol. The predicted molar refractivity (Wildman–Crippen MR) is 62.3 cm³/mol. The van der Waals surface area contributed by atoms with Crippen LogP contribution >= 0.6 is 0 Å². The molecule has 0 aromatic rings. The van der Waals surface area contributed by atoms with Crippen molar-refractivity contribution in [2.75, 3.05) is 13.2 Å². The molecule has 0 aromatic heterocycles. The third kappa shape index (κ3) is 4.49. The lowest BCUT2D eigenvalue weighted by Crippen LogP contribution is -2.41. The van der Waals surface area contributed by atoms with Gasteiger partial charge in [0.25, 0.3) is 0 Å². The minimum absolute atomic E-state index is 0.188. The van der Waals surface area contributed by atoms with Gasteiger partial charge in [-0.2, -0.15) is 0 Å². The van der Waals surface area contributed by atoms with Crippen molar-refractivity contribution < 1.29 is 15.0 Å². The van der Waals surface area contributed by atoms with E-state index in [0.29, 0.717) is 18.4 Å². The second-order valence-electron chi connectivity index (χ2n) is 4.73. The molecule has 0 amide bonds. The van der Waals surface area contributed by atoms with E-state index in [4.69, 9.17) is 10.2 Å². The maximum atomic E-state index is 11.0. The number of aliphatic hydroxyl groups is 1. The summed E-state index contributed by atoms with van der Waals surface area (Å²) in [6.07, 6.45) is 4.95. The highest BCUT2D eigenvalue weighted by Crippen LogP contribution is 2.32. The van der Waals surface area contributed by atoms with Gasteiger partial charge in [-0.05, 0) is 44.1 Å². The lowest BCUT2D eigenvalue weighted by atomic mass is 9.99. The van der Waals surface area contributed by atoms with Gasteiger partial charge in [-0.15, -0.1) is 0 Å². The first-order chi connectivity index (χ1) is 7.69. The average Bonchev–Trinajstić information content (AvgIpc) is 3.02. The van der Waals surface area contributed by atoms with Crippen molar-refractivity contribution in [3.63, 3.8) is 0 Å². The molecule has 1 aliphatic rings. The molecule has 2 atom stereocenters. The van der Waals surface area contributed by atoms with Gasteiger partial charge in [-0.3, -0.25) is 4.79 Å². The molecule has 0 aliphatic heterocycles. The maximum absolute atomic E-state index is 11.0. The molecule has 16 heavy (non-hydrogen) atoms. The smallest absolute Gasteiger partial charge is 0.320 e. The van der Waals surface area contributed by atoms with Crippen LogP contribution in [0.2, 0.25) is 0 Å². The summed E-state index contributed by atoms with van der Waals surface area (Å²) < 4.78 is 0. The fourth-order valence-corrected chi connectivity index (χ4v) is 2.12. The normalized spacial score (nSPS) is 19.4. The van der Waals surface area contributed by atoms with Gasteiger partial charge in [0.2, 0.25) is 0 Å². The van der Waals surface area contributed by atoms with Gasteiger partial charge >= 0.3 is 5.97 Å². The Labute approximate surface area is 97.0 Å². The largest absolute Gasteiger partial charge is 0.480 e. The number of carboxylic acid groups (broad SMARTS) is 1. The van der Waals surface area contributed by atoms with Crippen LogP contribution in [0.4, 0.5) is 0 Å². The SMILES string of the molecule is CCCC(CCO)CNC(C(=O)O)C1CC1. The number of rotatable bonds is 9. The summed E-state index contributed by atoms with van der Waals surface area (Å²) in [6.45, 7) is 3.01. The third-order valence-corrected chi connectivity index (χ3v) is 3.22. The summed E-state index contributed by atoms with van der Waals surface area (Å²) in [6, 6.07) is -0.377. The minimum atomic E-state index is -0.734. The molecule has 1 rings (SSSR count). The molecule has 1 fully saturated rings. The van der Waals surface area contributed by atoms with E-state index >= 15 is 0 Å². The monoisotopic (exact) mass is 229 g/mol. The molecule has 94 valence electrons. The Morgan fingerprint density at radius 3 is 2.56 bits per heavy atom. The molecule has 1 saturated carbocycles. The molecule has 4 heteroatoms. The zero-order chi connectivity index (χ0) is 12.0. The summed E-state index contributed by atoms with van der Waals surface area (Å²) in [5, 5.41) is 21.1. The number of hydrogen-bond donors (Lipinski definition) is 3. The van der Waals surface area contributed by atoms with Gasteiger partial charge in [0, 0.05) is 6.61 Å². The van der Waals surface area contributed by atoms with E-state index in [2.05, 4.69) is 12.2 Å². The van der Waals surface area contributed by atoms with E-state index in [1.807, 2.05) is 0 Å². The summed E-state index contributed by atoms with van der Waals surface area (Å²) >= 11 is 0. The minimum Gasteiger partial charge on any atom is -0.480 e. The van der Waals surface area contributed by atoms with Crippen molar-refractivity contribution in [2.24, 2.45) is 11.8 Å². The number of aliphatic carboxylic acids is 1. The second kappa shape index (κ2) is 6.86. The Morgan fingerprint density at radius 1 is 1.44 bits per heavy atom. The number of aliphatic hydroxyl groups excluding tert-OH is 1. The lowest BCUT2D eigenvalue weighted by Gasteiger charge is -2.19. The fraction of sp³-hybridized carbons (Fsp3) is 0.917. The molecule has 0 bridgehead atoms. The second-order valence-corrected chi connectivity index (χ2v) is 4.73. The van der Waals surface area contributed by atoms with E-state index in [0.717, 1.165) is 32.1 Å². The van der Waals surface area contributed by atoms with Crippen LogP contribution in [-0.4, -0.2) is 35.4 Å². The van der Waals surface area contributed by atoms with E-state index in [1.165, 1.54) is 0 Å². The molecular formula is C12H23NO3. The van der Waals surface area contributed by atoms with Crippen LogP contribution in [0.25, 0.3) is 0 Å². The number of carbonyl (C=O) groups is 1. The van der Waals surface area contributed by atoms with Crippen LogP contribution in [0, 0.1) is 11.8 Å². The Kier molecular flexibility index (Phi) is 5.77. The molecule has 3 N–H and O–H groups in total. The van der Waals surface area contributed by atoms with Gasteiger partial charge in [-0.1, -0.05) is 13.3 Å². The van der Waals surface area contributed by atoms with Gasteiger partial charge < -0.3 is 15.5 Å². The molecule has 1 aliphatic carbocycles. The molecule has 0 radical (unpaired) electrons. The lowest BCUT2D eigenvalue weighted by molar-refractivity contribution is -0.140. The number of nitrogens with one attached hydrogen (secondary N) is 1. The summed E-state index contributed by atoms with van der Waals surface area (Å²) in [5.74, 6) is -0.00810. The molecule has 0 aromatic carbocycles. The Bertz CT molecular complexity index is 210. The highest BCUT2D eigenvalue weighted by Gasteiger charge is 2.35. The first kappa shape index (κ1) is 13.5. The van der Waals surface area contributed by atoms with Crippen molar-refractivity contribution in [3.8, 4) is 0 Å². The topological polar surface area (TPSA) is 69.6 Å².